The highest BCUT2D eigenvalue weighted by atomic mass is 16.6. The third-order valence-electron chi connectivity index (χ3n) is 7.57. The molecule has 0 spiro atoms. The molecule has 2 aliphatic heterocycles. The van der Waals surface area contributed by atoms with Crippen LogP contribution in [-0.4, -0.2) is 105 Å². The van der Waals surface area contributed by atoms with E-state index in [1.165, 1.54) is 6.42 Å². The number of guanidine groups is 1. The summed E-state index contributed by atoms with van der Waals surface area (Å²) >= 11 is 0. The van der Waals surface area contributed by atoms with Crippen LogP contribution in [0.15, 0.2) is 4.99 Å². The summed E-state index contributed by atoms with van der Waals surface area (Å²) in [5.74, 6) is 0.436. The van der Waals surface area contributed by atoms with Crippen LogP contribution < -0.4 is 10.6 Å². The molecule has 1 atom stereocenters. The molecule has 0 bridgehead atoms. The Hall–Kier alpha value is -2.42. The van der Waals surface area contributed by atoms with Gasteiger partial charge in [-0.1, -0.05) is 32.1 Å². The Labute approximate surface area is 228 Å². The number of alkyl carbamates (subject to hydrolysis) is 1. The summed E-state index contributed by atoms with van der Waals surface area (Å²) < 4.78 is 16.2. The number of carbonyl (C=O) groups excluding carboxylic acids is 2. The molecule has 0 aromatic carbocycles. The quantitative estimate of drug-likeness (QED) is 0.261. The van der Waals surface area contributed by atoms with Crippen LogP contribution in [0.4, 0.5) is 4.79 Å². The average Bonchev–Trinajstić information content (AvgIpc) is 2.92. The minimum Gasteiger partial charge on any atom is -0.447 e. The molecule has 3 fully saturated rings. The van der Waals surface area contributed by atoms with Crippen LogP contribution in [0, 0.1) is 17.2 Å². The number of hydrogen-bond acceptors (Lipinski definition) is 8. The first-order valence-electron chi connectivity index (χ1n) is 14.2. The highest BCUT2D eigenvalue weighted by molar-refractivity contribution is 5.96. The van der Waals surface area contributed by atoms with E-state index in [2.05, 4.69) is 21.6 Å². The monoisotopic (exact) mass is 536 g/mol. The van der Waals surface area contributed by atoms with Gasteiger partial charge >= 0.3 is 6.09 Å². The van der Waals surface area contributed by atoms with Crippen LogP contribution in [0.3, 0.4) is 0 Å². The molecular formula is C27H48N6O5. The summed E-state index contributed by atoms with van der Waals surface area (Å²) in [7, 11) is 2.02. The molecule has 11 nitrogen and oxygen atoms in total. The first-order chi connectivity index (χ1) is 18.3. The van der Waals surface area contributed by atoms with E-state index in [1.807, 2.05) is 25.8 Å². The summed E-state index contributed by atoms with van der Waals surface area (Å²) in [5.41, 5.74) is -0.897. The zero-order valence-corrected chi connectivity index (χ0v) is 23.4. The second kappa shape index (κ2) is 15.2. The first kappa shape index (κ1) is 30.1. The molecule has 1 aliphatic carbocycles. The van der Waals surface area contributed by atoms with Gasteiger partial charge in [-0.05, 0) is 46.1 Å². The van der Waals surface area contributed by atoms with Crippen molar-refractivity contribution in [3.63, 3.8) is 0 Å². The SMILES string of the molecule is CC(C)OCCOC(=O)NC(=N[C@@H](CC1CCCCC1)C(=O)NC1(C#N)CCN(C)CC1)N1CCOCC1.[HH]. The largest absolute Gasteiger partial charge is 0.447 e. The fourth-order valence-corrected chi connectivity index (χ4v) is 5.20. The summed E-state index contributed by atoms with van der Waals surface area (Å²) in [6.07, 6.45) is 6.78. The van der Waals surface area contributed by atoms with Crippen LogP contribution in [0.1, 0.15) is 66.6 Å². The van der Waals surface area contributed by atoms with Crippen LogP contribution >= 0.6 is 0 Å². The molecule has 2 N–H and O–H groups in total. The van der Waals surface area contributed by atoms with Gasteiger partial charge in [0.2, 0.25) is 11.9 Å². The predicted octanol–water partition coefficient (Wildman–Crippen LogP) is 2.51. The fraction of sp³-hybridized carbons (Fsp3) is 0.852. The molecule has 0 aromatic rings. The molecule has 0 aromatic heterocycles. The third kappa shape index (κ3) is 9.71. The van der Waals surface area contributed by atoms with E-state index in [-0.39, 0.29) is 20.0 Å². The number of nitrogens with one attached hydrogen (secondary N) is 2. The van der Waals surface area contributed by atoms with Gasteiger partial charge in [0.1, 0.15) is 18.2 Å². The molecular weight excluding hydrogens is 488 g/mol. The number of ether oxygens (including phenoxy) is 3. The number of amides is 2. The minimum absolute atomic E-state index is 0. The summed E-state index contributed by atoms with van der Waals surface area (Å²) in [6.45, 7) is 7.84. The Morgan fingerprint density at radius 3 is 2.45 bits per heavy atom. The number of aliphatic imine (C=N–C) groups is 1. The van der Waals surface area contributed by atoms with Crippen molar-refractivity contribution in [1.82, 2.24) is 20.4 Å². The average molecular weight is 537 g/mol. The molecule has 0 radical (unpaired) electrons. The molecule has 2 saturated heterocycles. The van der Waals surface area contributed by atoms with Crippen molar-refractivity contribution in [3.05, 3.63) is 0 Å². The van der Waals surface area contributed by atoms with Gasteiger partial charge in [0.15, 0.2) is 0 Å². The Kier molecular flexibility index (Phi) is 12.1. The molecule has 2 heterocycles. The zero-order chi connectivity index (χ0) is 27.4. The summed E-state index contributed by atoms with van der Waals surface area (Å²) in [6, 6.07) is 1.66. The topological polar surface area (TPSA) is 129 Å². The van der Waals surface area contributed by atoms with Gasteiger partial charge in [0.25, 0.3) is 0 Å². The minimum atomic E-state index is -0.897. The first-order valence-corrected chi connectivity index (χ1v) is 14.2. The molecule has 3 rings (SSSR count). The van der Waals surface area contributed by atoms with Crippen LogP contribution in [-0.2, 0) is 19.0 Å². The highest BCUT2D eigenvalue weighted by Crippen LogP contribution is 2.29. The van der Waals surface area contributed by atoms with Crippen molar-refractivity contribution >= 4 is 18.0 Å². The number of carbonyl (C=O) groups is 2. The maximum absolute atomic E-state index is 13.7. The molecule has 38 heavy (non-hydrogen) atoms. The molecule has 1 saturated carbocycles. The van der Waals surface area contributed by atoms with E-state index in [0.717, 1.165) is 38.8 Å². The number of nitrogens with zero attached hydrogens (tertiary/aromatic N) is 4. The molecule has 2 amide bonds. The van der Waals surface area contributed by atoms with Gasteiger partial charge < -0.3 is 29.3 Å². The molecule has 3 aliphatic rings. The van der Waals surface area contributed by atoms with Crippen molar-refractivity contribution in [2.45, 2.75) is 82.9 Å². The van der Waals surface area contributed by atoms with Crippen LogP contribution in [0.25, 0.3) is 0 Å². The van der Waals surface area contributed by atoms with Crippen molar-refractivity contribution in [3.8, 4) is 6.07 Å². The second-order valence-corrected chi connectivity index (χ2v) is 11.0. The lowest BCUT2D eigenvalue weighted by atomic mass is 9.84. The van der Waals surface area contributed by atoms with E-state index in [4.69, 9.17) is 19.2 Å². The highest BCUT2D eigenvalue weighted by Gasteiger charge is 2.38. The predicted molar refractivity (Wildman–Crippen MR) is 146 cm³/mol. The number of piperidine rings is 1. The maximum Gasteiger partial charge on any atom is 0.414 e. The Balaban J connectivity index is 0.00000533. The number of morpholine rings is 1. The smallest absolute Gasteiger partial charge is 0.414 e. The van der Waals surface area contributed by atoms with Crippen molar-refractivity contribution in [1.29, 1.82) is 5.26 Å². The summed E-state index contributed by atoms with van der Waals surface area (Å²) in [5, 5.41) is 15.8. The van der Waals surface area contributed by atoms with E-state index < -0.39 is 17.7 Å². The van der Waals surface area contributed by atoms with Gasteiger partial charge in [-0.15, -0.1) is 0 Å². The number of rotatable bonds is 9. The molecule has 216 valence electrons. The van der Waals surface area contributed by atoms with Crippen molar-refractivity contribution in [2.24, 2.45) is 10.9 Å². The maximum atomic E-state index is 13.7. The Bertz CT molecular complexity index is 831. The standard InChI is InChI=1S/C27H46N6O5.H2/c1-21(2)37-17-18-38-26(35)30-25(33-13-15-36-16-14-33)29-23(19-22-7-5-4-6-8-22)24(34)31-27(20-28)9-11-32(3)12-10-27;/h21-23H,4-19H2,1-3H3,(H,31,34)(H,29,30,35);1H/t23-;/m0./s1. The lowest BCUT2D eigenvalue weighted by Gasteiger charge is -2.37. The molecule has 0 unspecified atom stereocenters. The third-order valence-corrected chi connectivity index (χ3v) is 7.57. The van der Waals surface area contributed by atoms with E-state index >= 15 is 0 Å². The Morgan fingerprint density at radius 2 is 1.82 bits per heavy atom. The Morgan fingerprint density at radius 1 is 1.13 bits per heavy atom. The van der Waals surface area contributed by atoms with Crippen LogP contribution in [0.2, 0.25) is 0 Å². The number of likely N-dealkylation sites (tertiary alicyclic amines) is 1. The molecule has 11 heteroatoms. The van der Waals surface area contributed by atoms with Gasteiger partial charge in [-0.25, -0.2) is 9.79 Å². The van der Waals surface area contributed by atoms with Crippen molar-refractivity contribution < 1.29 is 25.2 Å². The van der Waals surface area contributed by atoms with E-state index in [0.29, 0.717) is 64.1 Å². The zero-order valence-electron chi connectivity index (χ0n) is 23.4. The van der Waals surface area contributed by atoms with E-state index in [9.17, 15) is 14.9 Å². The van der Waals surface area contributed by atoms with Gasteiger partial charge in [-0.2, -0.15) is 5.26 Å². The summed E-state index contributed by atoms with van der Waals surface area (Å²) in [4.78, 5) is 35.3. The van der Waals surface area contributed by atoms with Gasteiger partial charge in [-0.3, -0.25) is 10.1 Å². The normalized spacial score (nSPS) is 22.0. The second-order valence-electron chi connectivity index (χ2n) is 11.0. The van der Waals surface area contributed by atoms with E-state index in [1.54, 1.807) is 0 Å². The van der Waals surface area contributed by atoms with Crippen molar-refractivity contribution in [2.75, 3.05) is 59.7 Å². The lowest BCUT2D eigenvalue weighted by molar-refractivity contribution is -0.124. The number of nitriles is 1. The van der Waals surface area contributed by atoms with Gasteiger partial charge in [0, 0.05) is 27.6 Å². The van der Waals surface area contributed by atoms with Gasteiger partial charge in [0.05, 0.1) is 32.0 Å². The van der Waals surface area contributed by atoms with Crippen LogP contribution in [0.5, 0.6) is 0 Å². The number of hydrogen-bond donors (Lipinski definition) is 2. The fourth-order valence-electron chi connectivity index (χ4n) is 5.20. The lowest BCUT2D eigenvalue weighted by Crippen LogP contribution is -2.56.